The minimum Gasteiger partial charge on any atom is -0.333 e. The van der Waals surface area contributed by atoms with Gasteiger partial charge in [0, 0.05) is 43.6 Å². The molecule has 0 bridgehead atoms. The summed E-state index contributed by atoms with van der Waals surface area (Å²) < 4.78 is 2.00. The molecule has 1 heterocycles. The highest BCUT2D eigenvalue weighted by Gasteiger charge is 2.20. The zero-order valence-corrected chi connectivity index (χ0v) is 12.0. The van der Waals surface area contributed by atoms with E-state index in [1.807, 2.05) is 35.0 Å². The standard InChI is InChI=1S/C16H20N4O/c21-16(6-7-18-14-4-5-14)19-15-3-1-2-13(10-15)11-20-9-8-17-12-20/h1-3,8-10,12,14,18H,4-7,11H2,(H,19,21). The fourth-order valence-corrected chi connectivity index (χ4v) is 2.24. The summed E-state index contributed by atoms with van der Waals surface area (Å²) >= 11 is 0. The first kappa shape index (κ1) is 13.8. The van der Waals surface area contributed by atoms with Crippen molar-refractivity contribution < 1.29 is 4.79 Å². The molecule has 110 valence electrons. The first-order valence-corrected chi connectivity index (χ1v) is 7.37. The third-order valence-corrected chi connectivity index (χ3v) is 3.50. The highest BCUT2D eigenvalue weighted by atomic mass is 16.1. The van der Waals surface area contributed by atoms with Crippen LogP contribution >= 0.6 is 0 Å². The summed E-state index contributed by atoms with van der Waals surface area (Å²) in [7, 11) is 0. The lowest BCUT2D eigenvalue weighted by Gasteiger charge is -2.08. The lowest BCUT2D eigenvalue weighted by molar-refractivity contribution is -0.116. The van der Waals surface area contributed by atoms with Gasteiger partial charge in [0.05, 0.1) is 6.33 Å². The number of aromatic nitrogens is 2. The van der Waals surface area contributed by atoms with Crippen molar-refractivity contribution in [2.24, 2.45) is 0 Å². The number of carbonyl (C=O) groups excluding carboxylic acids is 1. The molecule has 1 amide bonds. The van der Waals surface area contributed by atoms with E-state index in [1.54, 1.807) is 12.5 Å². The smallest absolute Gasteiger partial charge is 0.225 e. The molecule has 5 heteroatoms. The summed E-state index contributed by atoms with van der Waals surface area (Å²) in [6.45, 7) is 1.51. The van der Waals surface area contributed by atoms with Crippen LogP contribution in [0.2, 0.25) is 0 Å². The number of nitrogens with zero attached hydrogens (tertiary/aromatic N) is 2. The van der Waals surface area contributed by atoms with E-state index in [4.69, 9.17) is 0 Å². The quantitative estimate of drug-likeness (QED) is 0.817. The van der Waals surface area contributed by atoms with Crippen LogP contribution in [0, 0.1) is 0 Å². The fourth-order valence-electron chi connectivity index (χ4n) is 2.24. The molecule has 2 aromatic rings. The Kier molecular flexibility index (Phi) is 4.31. The molecule has 5 nitrogen and oxygen atoms in total. The lowest BCUT2D eigenvalue weighted by atomic mass is 10.2. The summed E-state index contributed by atoms with van der Waals surface area (Å²) in [5.41, 5.74) is 1.99. The normalized spacial score (nSPS) is 14.1. The van der Waals surface area contributed by atoms with Gasteiger partial charge in [0.1, 0.15) is 0 Å². The Morgan fingerprint density at radius 2 is 2.29 bits per heavy atom. The number of imidazole rings is 1. The number of amides is 1. The van der Waals surface area contributed by atoms with Crippen molar-refractivity contribution in [3.05, 3.63) is 48.5 Å². The van der Waals surface area contributed by atoms with E-state index in [-0.39, 0.29) is 5.91 Å². The highest BCUT2D eigenvalue weighted by Crippen LogP contribution is 2.18. The number of anilines is 1. The fraction of sp³-hybridized carbons (Fsp3) is 0.375. The van der Waals surface area contributed by atoms with E-state index in [0.29, 0.717) is 12.5 Å². The number of nitrogens with one attached hydrogen (secondary N) is 2. The van der Waals surface area contributed by atoms with Gasteiger partial charge in [-0.3, -0.25) is 4.79 Å². The molecule has 0 spiro atoms. The van der Waals surface area contributed by atoms with Gasteiger partial charge in [0.25, 0.3) is 0 Å². The van der Waals surface area contributed by atoms with Crippen LogP contribution in [0.3, 0.4) is 0 Å². The van der Waals surface area contributed by atoms with Gasteiger partial charge >= 0.3 is 0 Å². The van der Waals surface area contributed by atoms with E-state index in [1.165, 1.54) is 12.8 Å². The first-order chi connectivity index (χ1) is 10.3. The number of carbonyl (C=O) groups is 1. The van der Waals surface area contributed by atoms with Gasteiger partial charge in [-0.15, -0.1) is 0 Å². The van der Waals surface area contributed by atoms with Crippen molar-refractivity contribution >= 4 is 11.6 Å². The van der Waals surface area contributed by atoms with E-state index in [0.717, 1.165) is 24.3 Å². The minimum absolute atomic E-state index is 0.0583. The molecule has 2 N–H and O–H groups in total. The SMILES string of the molecule is O=C(CCNC1CC1)Nc1cccc(Cn2ccnc2)c1. The molecule has 0 atom stereocenters. The van der Waals surface area contributed by atoms with Crippen molar-refractivity contribution in [1.82, 2.24) is 14.9 Å². The van der Waals surface area contributed by atoms with Crippen molar-refractivity contribution in [3.63, 3.8) is 0 Å². The van der Waals surface area contributed by atoms with Crippen molar-refractivity contribution in [2.45, 2.75) is 31.8 Å². The minimum atomic E-state index is 0.0583. The zero-order chi connectivity index (χ0) is 14.5. The molecule has 1 fully saturated rings. The molecular formula is C16H20N4O. The Balaban J connectivity index is 1.51. The van der Waals surface area contributed by atoms with Crippen LogP contribution in [0.1, 0.15) is 24.8 Å². The van der Waals surface area contributed by atoms with Crippen LogP contribution in [0.4, 0.5) is 5.69 Å². The van der Waals surface area contributed by atoms with Crippen LogP contribution in [0.25, 0.3) is 0 Å². The molecule has 0 saturated heterocycles. The molecular weight excluding hydrogens is 264 g/mol. The van der Waals surface area contributed by atoms with Gasteiger partial charge in [-0.1, -0.05) is 12.1 Å². The number of hydrogen-bond acceptors (Lipinski definition) is 3. The monoisotopic (exact) mass is 284 g/mol. The lowest BCUT2D eigenvalue weighted by Crippen LogP contribution is -2.23. The predicted octanol–water partition coefficient (Wildman–Crippen LogP) is 2.01. The second kappa shape index (κ2) is 6.54. The predicted molar refractivity (Wildman–Crippen MR) is 82.0 cm³/mol. The maximum atomic E-state index is 11.9. The second-order valence-corrected chi connectivity index (χ2v) is 5.46. The van der Waals surface area contributed by atoms with Crippen molar-refractivity contribution in [1.29, 1.82) is 0 Å². The molecule has 1 aromatic heterocycles. The average Bonchev–Trinajstić information content (AvgIpc) is 3.14. The van der Waals surface area contributed by atoms with E-state index < -0.39 is 0 Å². The van der Waals surface area contributed by atoms with Crippen molar-refractivity contribution in [2.75, 3.05) is 11.9 Å². The number of rotatable bonds is 7. The summed E-state index contributed by atoms with van der Waals surface area (Å²) in [6, 6.07) is 8.58. The van der Waals surface area contributed by atoms with Gasteiger partial charge in [0.2, 0.25) is 5.91 Å². The molecule has 1 saturated carbocycles. The maximum Gasteiger partial charge on any atom is 0.225 e. The molecule has 1 aromatic carbocycles. The maximum absolute atomic E-state index is 11.9. The topological polar surface area (TPSA) is 59.0 Å². The van der Waals surface area contributed by atoms with Crippen LogP contribution in [0.5, 0.6) is 0 Å². The molecule has 21 heavy (non-hydrogen) atoms. The van der Waals surface area contributed by atoms with Crippen LogP contribution in [-0.4, -0.2) is 28.0 Å². The number of benzene rings is 1. The Hall–Kier alpha value is -2.14. The summed E-state index contributed by atoms with van der Waals surface area (Å²) in [4.78, 5) is 15.9. The molecule has 1 aliphatic carbocycles. The second-order valence-electron chi connectivity index (χ2n) is 5.46. The molecule has 0 aliphatic heterocycles. The average molecular weight is 284 g/mol. The first-order valence-electron chi connectivity index (χ1n) is 7.37. The summed E-state index contributed by atoms with van der Waals surface area (Å²) in [5, 5.41) is 6.30. The van der Waals surface area contributed by atoms with E-state index in [9.17, 15) is 4.79 Å². The molecule has 3 rings (SSSR count). The summed E-state index contributed by atoms with van der Waals surface area (Å²) in [6.07, 6.45) is 8.49. The van der Waals surface area contributed by atoms with Gasteiger partial charge in [-0.25, -0.2) is 4.98 Å². The third kappa shape index (κ3) is 4.43. The largest absolute Gasteiger partial charge is 0.333 e. The van der Waals surface area contributed by atoms with Crippen LogP contribution in [0.15, 0.2) is 43.0 Å². The van der Waals surface area contributed by atoms with Gasteiger partial charge in [-0.2, -0.15) is 0 Å². The Morgan fingerprint density at radius 1 is 1.38 bits per heavy atom. The van der Waals surface area contributed by atoms with E-state index >= 15 is 0 Å². The Labute approximate surface area is 124 Å². The number of hydrogen-bond donors (Lipinski definition) is 2. The molecule has 0 radical (unpaired) electrons. The molecule has 1 aliphatic rings. The van der Waals surface area contributed by atoms with Gasteiger partial charge in [0.15, 0.2) is 0 Å². The van der Waals surface area contributed by atoms with E-state index in [2.05, 4.69) is 15.6 Å². The zero-order valence-electron chi connectivity index (χ0n) is 12.0. The van der Waals surface area contributed by atoms with Crippen molar-refractivity contribution in [3.8, 4) is 0 Å². The van der Waals surface area contributed by atoms with Gasteiger partial charge in [-0.05, 0) is 30.5 Å². The Morgan fingerprint density at radius 3 is 3.05 bits per heavy atom. The van der Waals surface area contributed by atoms with Crippen LogP contribution < -0.4 is 10.6 Å². The third-order valence-electron chi connectivity index (χ3n) is 3.50. The summed E-state index contributed by atoms with van der Waals surface area (Å²) in [5.74, 6) is 0.0583. The highest BCUT2D eigenvalue weighted by molar-refractivity contribution is 5.90. The molecule has 0 unspecified atom stereocenters. The van der Waals surface area contributed by atoms with Crippen LogP contribution in [-0.2, 0) is 11.3 Å². The Bertz CT molecular complexity index is 590. The van der Waals surface area contributed by atoms with Gasteiger partial charge < -0.3 is 15.2 Å².